The van der Waals surface area contributed by atoms with Gasteiger partial charge in [0.1, 0.15) is 5.75 Å². The zero-order valence-electron chi connectivity index (χ0n) is 12.5. The van der Waals surface area contributed by atoms with Gasteiger partial charge in [-0.1, -0.05) is 18.6 Å². The molecule has 1 saturated carbocycles. The summed E-state index contributed by atoms with van der Waals surface area (Å²) in [5.74, 6) is 1.71. The number of ether oxygens (including phenoxy) is 1. The first-order chi connectivity index (χ1) is 10.2. The molecule has 1 N–H and O–H groups in total. The van der Waals surface area contributed by atoms with E-state index >= 15 is 0 Å². The topological polar surface area (TPSA) is 49.8 Å². The molecule has 1 amide bonds. The van der Waals surface area contributed by atoms with Crippen molar-refractivity contribution in [2.24, 2.45) is 11.8 Å². The third-order valence-corrected chi connectivity index (χ3v) is 4.90. The van der Waals surface area contributed by atoms with Gasteiger partial charge in [0.2, 0.25) is 5.91 Å². The summed E-state index contributed by atoms with van der Waals surface area (Å²) in [4.78, 5) is 14.4. The smallest absolute Gasteiger partial charge is 0.227 e. The number of aliphatic hydroxyl groups is 1. The van der Waals surface area contributed by atoms with E-state index in [0.717, 1.165) is 37.1 Å². The molecule has 1 heterocycles. The third-order valence-electron chi connectivity index (χ3n) is 4.90. The molecule has 0 unspecified atom stereocenters. The summed E-state index contributed by atoms with van der Waals surface area (Å²) < 4.78 is 5.20. The lowest BCUT2D eigenvalue weighted by Crippen LogP contribution is -2.32. The maximum atomic E-state index is 12.5. The molecule has 4 nitrogen and oxygen atoms in total. The number of likely N-dealkylation sites (tertiary alicyclic amines) is 1. The Labute approximate surface area is 125 Å². The van der Waals surface area contributed by atoms with Crippen LogP contribution in [0.15, 0.2) is 24.3 Å². The van der Waals surface area contributed by atoms with Crippen LogP contribution < -0.4 is 4.74 Å². The van der Waals surface area contributed by atoms with Crippen LogP contribution in [0.2, 0.25) is 0 Å². The molecule has 4 heteroatoms. The second kappa shape index (κ2) is 6.06. The fraction of sp³-hybridized carbons (Fsp3) is 0.588. The standard InChI is InChI=1S/C17H23NO3/c1-21-14-6-2-4-12(8-14)9-17(20)18-10-13-5-3-7-16(19)15(13)11-18/h2,4,6,8,13,15-16,19H,3,5,7,9-11H2,1H3/t13-,15+,16-/m1/s1. The average molecular weight is 289 g/mol. The van der Waals surface area contributed by atoms with E-state index in [-0.39, 0.29) is 17.9 Å². The number of methoxy groups -OCH3 is 1. The highest BCUT2D eigenvalue weighted by Crippen LogP contribution is 2.36. The van der Waals surface area contributed by atoms with Crippen LogP contribution in [-0.2, 0) is 11.2 Å². The van der Waals surface area contributed by atoms with Gasteiger partial charge in [-0.2, -0.15) is 0 Å². The number of hydrogen-bond acceptors (Lipinski definition) is 3. The molecule has 1 saturated heterocycles. The average Bonchev–Trinajstić information content (AvgIpc) is 2.93. The Morgan fingerprint density at radius 1 is 1.38 bits per heavy atom. The fourth-order valence-electron chi connectivity index (χ4n) is 3.71. The predicted octanol–water partition coefficient (Wildman–Crippen LogP) is 1.86. The summed E-state index contributed by atoms with van der Waals surface area (Å²) in [5, 5.41) is 10.1. The van der Waals surface area contributed by atoms with Gasteiger partial charge in [-0.05, 0) is 36.5 Å². The first-order valence-electron chi connectivity index (χ1n) is 7.76. The lowest BCUT2D eigenvalue weighted by atomic mass is 9.80. The Morgan fingerprint density at radius 3 is 3.00 bits per heavy atom. The van der Waals surface area contributed by atoms with E-state index in [4.69, 9.17) is 4.74 Å². The van der Waals surface area contributed by atoms with Crippen LogP contribution in [0.1, 0.15) is 24.8 Å². The van der Waals surface area contributed by atoms with Crippen molar-refractivity contribution in [2.75, 3.05) is 20.2 Å². The largest absolute Gasteiger partial charge is 0.497 e. The molecule has 114 valence electrons. The van der Waals surface area contributed by atoms with Crippen LogP contribution in [0.4, 0.5) is 0 Å². The van der Waals surface area contributed by atoms with E-state index in [0.29, 0.717) is 18.9 Å². The molecule has 0 spiro atoms. The van der Waals surface area contributed by atoms with Gasteiger partial charge in [0.25, 0.3) is 0 Å². The van der Waals surface area contributed by atoms with E-state index in [1.54, 1.807) is 7.11 Å². The van der Waals surface area contributed by atoms with Crippen LogP contribution in [0.3, 0.4) is 0 Å². The van der Waals surface area contributed by atoms with Gasteiger partial charge in [0.05, 0.1) is 19.6 Å². The lowest BCUT2D eigenvalue weighted by Gasteiger charge is -2.28. The minimum atomic E-state index is -0.224. The number of benzene rings is 1. The molecule has 2 aliphatic rings. The molecule has 1 aliphatic heterocycles. The van der Waals surface area contributed by atoms with Crippen molar-refractivity contribution >= 4 is 5.91 Å². The zero-order valence-corrected chi connectivity index (χ0v) is 12.5. The molecular weight excluding hydrogens is 266 g/mol. The number of rotatable bonds is 3. The van der Waals surface area contributed by atoms with Gasteiger partial charge in [0.15, 0.2) is 0 Å². The molecule has 0 aromatic heterocycles. The van der Waals surface area contributed by atoms with Crippen LogP contribution >= 0.6 is 0 Å². The van der Waals surface area contributed by atoms with Gasteiger partial charge in [-0.3, -0.25) is 4.79 Å². The highest BCUT2D eigenvalue weighted by Gasteiger charge is 2.40. The molecule has 0 bridgehead atoms. The van der Waals surface area contributed by atoms with Crippen molar-refractivity contribution in [1.29, 1.82) is 0 Å². The predicted molar refractivity (Wildman–Crippen MR) is 80.1 cm³/mol. The van der Waals surface area contributed by atoms with Crippen molar-refractivity contribution in [3.8, 4) is 5.75 Å². The second-order valence-corrected chi connectivity index (χ2v) is 6.25. The number of aliphatic hydroxyl groups excluding tert-OH is 1. The maximum absolute atomic E-state index is 12.5. The number of nitrogens with zero attached hydrogens (tertiary/aromatic N) is 1. The maximum Gasteiger partial charge on any atom is 0.227 e. The van der Waals surface area contributed by atoms with Crippen molar-refractivity contribution in [2.45, 2.75) is 31.8 Å². The summed E-state index contributed by atoms with van der Waals surface area (Å²) in [6, 6.07) is 7.66. The Hall–Kier alpha value is -1.55. The zero-order chi connectivity index (χ0) is 14.8. The minimum absolute atomic E-state index is 0.157. The highest BCUT2D eigenvalue weighted by molar-refractivity contribution is 5.79. The van der Waals surface area contributed by atoms with Gasteiger partial charge in [-0.15, -0.1) is 0 Å². The van der Waals surface area contributed by atoms with Crippen molar-refractivity contribution in [1.82, 2.24) is 4.90 Å². The fourth-order valence-corrected chi connectivity index (χ4v) is 3.71. The van der Waals surface area contributed by atoms with Crippen LogP contribution in [0.25, 0.3) is 0 Å². The monoisotopic (exact) mass is 289 g/mol. The number of carbonyl (C=O) groups is 1. The molecular formula is C17H23NO3. The molecule has 3 atom stereocenters. The van der Waals surface area contributed by atoms with E-state index in [1.165, 1.54) is 0 Å². The van der Waals surface area contributed by atoms with Crippen molar-refractivity contribution < 1.29 is 14.6 Å². The summed E-state index contributed by atoms with van der Waals surface area (Å²) in [6.45, 7) is 1.53. The molecule has 2 fully saturated rings. The Bertz CT molecular complexity index is 517. The number of carbonyl (C=O) groups excluding carboxylic acids is 1. The summed E-state index contributed by atoms with van der Waals surface area (Å²) >= 11 is 0. The van der Waals surface area contributed by atoms with Gasteiger partial charge >= 0.3 is 0 Å². The molecule has 0 radical (unpaired) electrons. The summed E-state index contributed by atoms with van der Waals surface area (Å²) in [5.41, 5.74) is 0.981. The Morgan fingerprint density at radius 2 is 2.24 bits per heavy atom. The molecule has 1 aromatic carbocycles. The summed E-state index contributed by atoms with van der Waals surface area (Å²) in [7, 11) is 1.63. The van der Waals surface area contributed by atoms with Crippen LogP contribution in [0, 0.1) is 11.8 Å². The van der Waals surface area contributed by atoms with E-state index < -0.39 is 0 Å². The quantitative estimate of drug-likeness (QED) is 0.924. The summed E-state index contributed by atoms with van der Waals surface area (Å²) in [6.07, 6.45) is 3.30. The molecule has 21 heavy (non-hydrogen) atoms. The van der Waals surface area contributed by atoms with Gasteiger partial charge in [-0.25, -0.2) is 0 Å². The van der Waals surface area contributed by atoms with E-state index in [9.17, 15) is 9.90 Å². The van der Waals surface area contributed by atoms with Crippen LogP contribution in [-0.4, -0.2) is 42.2 Å². The van der Waals surface area contributed by atoms with Crippen LogP contribution in [0.5, 0.6) is 5.75 Å². The minimum Gasteiger partial charge on any atom is -0.497 e. The number of hydrogen-bond donors (Lipinski definition) is 1. The van der Waals surface area contributed by atoms with Gasteiger partial charge in [0, 0.05) is 19.0 Å². The molecule has 3 rings (SSSR count). The van der Waals surface area contributed by atoms with Crippen molar-refractivity contribution in [3.63, 3.8) is 0 Å². The lowest BCUT2D eigenvalue weighted by molar-refractivity contribution is -0.129. The Balaban J connectivity index is 1.63. The van der Waals surface area contributed by atoms with E-state index in [2.05, 4.69) is 0 Å². The number of fused-ring (bicyclic) bond motifs is 1. The first-order valence-corrected chi connectivity index (χ1v) is 7.76. The Kier molecular flexibility index (Phi) is 4.15. The second-order valence-electron chi connectivity index (χ2n) is 6.25. The first kappa shape index (κ1) is 14.4. The van der Waals surface area contributed by atoms with E-state index in [1.807, 2.05) is 29.2 Å². The van der Waals surface area contributed by atoms with Gasteiger partial charge < -0.3 is 14.7 Å². The van der Waals surface area contributed by atoms with Crippen molar-refractivity contribution in [3.05, 3.63) is 29.8 Å². The highest BCUT2D eigenvalue weighted by atomic mass is 16.5. The third kappa shape index (κ3) is 3.05. The molecule has 1 aliphatic carbocycles. The molecule has 1 aromatic rings. The number of amides is 1. The SMILES string of the molecule is COc1cccc(CC(=O)N2C[C@H]3CCC[C@@H](O)[C@H]3C2)c1. The normalized spacial score (nSPS) is 28.3.